The molecule has 1 aliphatic rings. The molecule has 3 heteroatoms. The van der Waals surface area contributed by atoms with Crippen molar-refractivity contribution >= 4 is 15.9 Å². The average Bonchev–Trinajstić information content (AvgIpc) is 2.05. The van der Waals surface area contributed by atoms with Gasteiger partial charge in [0.15, 0.2) is 0 Å². The van der Waals surface area contributed by atoms with Gasteiger partial charge < -0.3 is 10.5 Å². The number of hydrogen-bond donors (Lipinski definition) is 1. The van der Waals surface area contributed by atoms with E-state index in [9.17, 15) is 0 Å². The second kappa shape index (κ2) is 3.24. The minimum Gasteiger partial charge on any atom is -0.487 e. The molecule has 0 saturated heterocycles. The molecule has 0 saturated carbocycles. The zero-order chi connectivity index (χ0) is 10.3. The molecule has 1 aromatic carbocycles. The Balaban J connectivity index is 2.45. The molecule has 0 aromatic heterocycles. The lowest BCUT2D eigenvalue weighted by Crippen LogP contribution is -2.37. The van der Waals surface area contributed by atoms with Crippen LogP contribution in [-0.4, -0.2) is 5.60 Å². The molecular weight excluding hydrogens is 242 g/mol. The van der Waals surface area contributed by atoms with Crippen molar-refractivity contribution in [2.45, 2.75) is 31.9 Å². The molecule has 0 amide bonds. The molecule has 2 rings (SSSR count). The summed E-state index contributed by atoms with van der Waals surface area (Å²) in [5, 5.41) is 0. The number of rotatable bonds is 0. The van der Waals surface area contributed by atoms with Crippen molar-refractivity contribution in [2.24, 2.45) is 5.73 Å². The monoisotopic (exact) mass is 255 g/mol. The van der Waals surface area contributed by atoms with Gasteiger partial charge >= 0.3 is 0 Å². The maximum atomic E-state index is 6.09. The van der Waals surface area contributed by atoms with Gasteiger partial charge in [-0.1, -0.05) is 15.9 Å². The first-order chi connectivity index (χ1) is 6.48. The van der Waals surface area contributed by atoms with Crippen molar-refractivity contribution in [3.8, 4) is 5.75 Å². The van der Waals surface area contributed by atoms with Crippen molar-refractivity contribution in [1.82, 2.24) is 0 Å². The fourth-order valence-corrected chi connectivity index (χ4v) is 2.26. The van der Waals surface area contributed by atoms with Gasteiger partial charge in [0.1, 0.15) is 11.4 Å². The van der Waals surface area contributed by atoms with Crippen LogP contribution in [0.2, 0.25) is 0 Å². The first-order valence-electron chi connectivity index (χ1n) is 4.72. The van der Waals surface area contributed by atoms with Crippen LogP contribution in [0.3, 0.4) is 0 Å². The number of nitrogens with two attached hydrogens (primary N) is 1. The zero-order valence-corrected chi connectivity index (χ0v) is 9.97. The van der Waals surface area contributed by atoms with E-state index >= 15 is 0 Å². The van der Waals surface area contributed by atoms with E-state index in [1.54, 1.807) is 0 Å². The molecule has 1 aliphatic heterocycles. The van der Waals surface area contributed by atoms with Crippen molar-refractivity contribution in [3.05, 3.63) is 28.2 Å². The highest BCUT2D eigenvalue weighted by atomic mass is 79.9. The highest BCUT2D eigenvalue weighted by molar-refractivity contribution is 9.10. The Kier molecular flexibility index (Phi) is 2.32. The maximum absolute atomic E-state index is 6.09. The standard InChI is InChI=1S/C11H14BrNO/c1-11(2)6-9(13)8-5-7(12)3-4-10(8)14-11/h3-5,9H,6,13H2,1-2H3/t9-/m1/s1. The Hall–Kier alpha value is -0.540. The molecule has 0 bridgehead atoms. The Morgan fingerprint density at radius 3 is 2.93 bits per heavy atom. The number of hydrogen-bond acceptors (Lipinski definition) is 2. The fourth-order valence-electron chi connectivity index (χ4n) is 1.88. The van der Waals surface area contributed by atoms with E-state index in [0.717, 1.165) is 22.2 Å². The molecule has 14 heavy (non-hydrogen) atoms. The number of ether oxygens (including phenoxy) is 1. The van der Waals surface area contributed by atoms with Gasteiger partial charge in [-0.05, 0) is 32.0 Å². The quantitative estimate of drug-likeness (QED) is 0.774. The Morgan fingerprint density at radius 1 is 1.50 bits per heavy atom. The zero-order valence-electron chi connectivity index (χ0n) is 8.38. The highest BCUT2D eigenvalue weighted by Crippen LogP contribution is 2.39. The summed E-state index contributed by atoms with van der Waals surface area (Å²) in [5.41, 5.74) is 7.03. The van der Waals surface area contributed by atoms with Crippen molar-refractivity contribution in [2.75, 3.05) is 0 Å². The number of fused-ring (bicyclic) bond motifs is 1. The average molecular weight is 256 g/mol. The summed E-state index contributed by atoms with van der Waals surface area (Å²) in [5.74, 6) is 0.914. The Bertz CT molecular complexity index is 362. The van der Waals surface area contributed by atoms with Crippen LogP contribution in [0, 0.1) is 0 Å². The van der Waals surface area contributed by atoms with Crippen LogP contribution in [-0.2, 0) is 0 Å². The predicted molar refractivity (Wildman–Crippen MR) is 60.4 cm³/mol. The fraction of sp³-hybridized carbons (Fsp3) is 0.455. The molecule has 0 radical (unpaired) electrons. The minimum atomic E-state index is -0.153. The van der Waals surface area contributed by atoms with Crippen LogP contribution in [0.1, 0.15) is 31.9 Å². The third kappa shape index (κ3) is 1.79. The number of benzene rings is 1. The topological polar surface area (TPSA) is 35.2 Å². The third-order valence-electron chi connectivity index (χ3n) is 2.47. The largest absolute Gasteiger partial charge is 0.487 e. The predicted octanol–water partition coefficient (Wildman–Crippen LogP) is 3.01. The van der Waals surface area contributed by atoms with E-state index in [0.29, 0.717) is 0 Å². The SMILES string of the molecule is CC1(C)C[C@@H](N)c2cc(Br)ccc2O1. The van der Waals surface area contributed by atoms with Gasteiger partial charge in [-0.3, -0.25) is 0 Å². The normalized spacial score (nSPS) is 23.9. The molecular formula is C11H14BrNO. The number of halogens is 1. The molecule has 1 heterocycles. The second-order valence-corrected chi connectivity index (χ2v) is 5.27. The van der Waals surface area contributed by atoms with Gasteiger partial charge in [0.25, 0.3) is 0 Å². The smallest absolute Gasteiger partial charge is 0.124 e. The molecule has 2 N–H and O–H groups in total. The van der Waals surface area contributed by atoms with Crippen LogP contribution in [0.25, 0.3) is 0 Å². The van der Waals surface area contributed by atoms with Crippen molar-refractivity contribution in [1.29, 1.82) is 0 Å². The molecule has 1 aromatic rings. The summed E-state index contributed by atoms with van der Waals surface area (Å²) >= 11 is 3.44. The first-order valence-corrected chi connectivity index (χ1v) is 5.51. The second-order valence-electron chi connectivity index (χ2n) is 4.35. The maximum Gasteiger partial charge on any atom is 0.124 e. The van der Waals surface area contributed by atoms with Crippen LogP contribution in [0.4, 0.5) is 0 Å². The van der Waals surface area contributed by atoms with E-state index in [4.69, 9.17) is 10.5 Å². The van der Waals surface area contributed by atoms with Crippen LogP contribution < -0.4 is 10.5 Å². The van der Waals surface area contributed by atoms with E-state index in [1.807, 2.05) is 18.2 Å². The van der Waals surface area contributed by atoms with E-state index in [1.165, 1.54) is 0 Å². The highest BCUT2D eigenvalue weighted by Gasteiger charge is 2.31. The van der Waals surface area contributed by atoms with Crippen LogP contribution >= 0.6 is 15.9 Å². The van der Waals surface area contributed by atoms with E-state index in [2.05, 4.69) is 29.8 Å². The Morgan fingerprint density at radius 2 is 2.21 bits per heavy atom. The lowest BCUT2D eigenvalue weighted by molar-refractivity contribution is 0.0728. The summed E-state index contributed by atoms with van der Waals surface area (Å²) in [6.07, 6.45) is 0.858. The van der Waals surface area contributed by atoms with Crippen LogP contribution in [0.15, 0.2) is 22.7 Å². The van der Waals surface area contributed by atoms with Gasteiger partial charge in [-0.25, -0.2) is 0 Å². The minimum absolute atomic E-state index is 0.0752. The van der Waals surface area contributed by atoms with Crippen molar-refractivity contribution in [3.63, 3.8) is 0 Å². The molecule has 1 atom stereocenters. The van der Waals surface area contributed by atoms with Crippen molar-refractivity contribution < 1.29 is 4.74 Å². The molecule has 2 nitrogen and oxygen atoms in total. The molecule has 76 valence electrons. The van der Waals surface area contributed by atoms with E-state index in [-0.39, 0.29) is 11.6 Å². The molecule has 0 fully saturated rings. The third-order valence-corrected chi connectivity index (χ3v) is 2.96. The van der Waals surface area contributed by atoms with Gasteiger partial charge in [-0.2, -0.15) is 0 Å². The molecule has 0 spiro atoms. The first kappa shape index (κ1) is 9.99. The van der Waals surface area contributed by atoms with Gasteiger partial charge in [0, 0.05) is 22.5 Å². The van der Waals surface area contributed by atoms with Gasteiger partial charge in [0.05, 0.1) is 0 Å². The van der Waals surface area contributed by atoms with E-state index < -0.39 is 0 Å². The Labute approximate surface area is 92.6 Å². The van der Waals surface area contributed by atoms with Crippen LogP contribution in [0.5, 0.6) is 5.75 Å². The summed E-state index contributed by atoms with van der Waals surface area (Å²) in [6, 6.07) is 6.06. The van der Waals surface area contributed by atoms with Gasteiger partial charge in [-0.15, -0.1) is 0 Å². The summed E-state index contributed by atoms with van der Waals surface area (Å²) in [4.78, 5) is 0. The van der Waals surface area contributed by atoms with Gasteiger partial charge in [0.2, 0.25) is 0 Å². The summed E-state index contributed by atoms with van der Waals surface area (Å²) < 4.78 is 6.89. The lowest BCUT2D eigenvalue weighted by Gasteiger charge is -2.36. The summed E-state index contributed by atoms with van der Waals surface area (Å²) in [6.45, 7) is 4.13. The summed E-state index contributed by atoms with van der Waals surface area (Å²) in [7, 11) is 0. The molecule has 0 aliphatic carbocycles. The lowest BCUT2D eigenvalue weighted by atomic mass is 9.90. The molecule has 0 unspecified atom stereocenters.